The molecule has 0 spiro atoms. The highest BCUT2D eigenvalue weighted by molar-refractivity contribution is 5.97. The molecule has 0 aliphatic heterocycles. The van der Waals surface area contributed by atoms with Crippen molar-refractivity contribution < 1.29 is 9.59 Å². The zero-order valence-corrected chi connectivity index (χ0v) is 12.4. The molecule has 2 amide bonds. The number of carbonyl (C=O) groups is 2. The predicted octanol–water partition coefficient (Wildman–Crippen LogP) is 2.80. The third-order valence-corrected chi connectivity index (χ3v) is 3.34. The van der Waals surface area contributed by atoms with Gasteiger partial charge in [-0.25, -0.2) is 0 Å². The molecule has 0 bridgehead atoms. The summed E-state index contributed by atoms with van der Waals surface area (Å²) in [6, 6.07) is 8.23. The average molecular weight is 288 g/mol. The molecule has 0 aliphatic carbocycles. The van der Waals surface area contributed by atoms with Crippen LogP contribution >= 0.6 is 0 Å². The Morgan fingerprint density at radius 2 is 1.81 bits per heavy atom. The Balaban J connectivity index is 2.38. The summed E-state index contributed by atoms with van der Waals surface area (Å²) in [7, 11) is 0. The molecule has 3 N–H and O–H groups in total. The van der Waals surface area contributed by atoms with Gasteiger partial charge < -0.3 is 11.1 Å². The number of nitrogens with two attached hydrogens (primary N) is 1. The van der Waals surface area contributed by atoms with Crippen LogP contribution in [0, 0.1) is 0 Å². The molecule has 0 fully saturated rings. The van der Waals surface area contributed by atoms with Gasteiger partial charge in [0.2, 0.25) is 5.91 Å². The van der Waals surface area contributed by atoms with Gasteiger partial charge in [0.05, 0.1) is 0 Å². The summed E-state index contributed by atoms with van der Waals surface area (Å²) in [6.07, 6.45) is 7.63. The van der Waals surface area contributed by atoms with Crippen molar-refractivity contribution in [1.29, 1.82) is 0 Å². The van der Waals surface area contributed by atoms with Crippen LogP contribution in [0.25, 0.3) is 0 Å². The topological polar surface area (TPSA) is 72.2 Å². The fourth-order valence-electron chi connectivity index (χ4n) is 2.11. The summed E-state index contributed by atoms with van der Waals surface area (Å²) in [5.74, 6) is -0.739. The van der Waals surface area contributed by atoms with Gasteiger partial charge >= 0.3 is 0 Å². The Bertz CT molecular complexity index is 457. The number of carbonyl (C=O) groups excluding carboxylic acids is 2. The number of allylic oxidation sites excluding steroid dienone is 1. The summed E-state index contributed by atoms with van der Waals surface area (Å²) in [5, 5.41) is 2.71. The maximum absolute atomic E-state index is 12.0. The Labute approximate surface area is 126 Å². The molecule has 1 aromatic rings. The standard InChI is InChI=1S/C17H24N2O2/c1-2-3-4-5-6-10-13-15(16(18)20)19-17(21)14-11-8-7-9-12-14/h2,7-9,11-12,15H,1,3-6,10,13H2,(H2,18,20)(H,19,21)/t15-/m0/s1. The van der Waals surface area contributed by atoms with Gasteiger partial charge in [-0.15, -0.1) is 6.58 Å². The van der Waals surface area contributed by atoms with Crippen molar-refractivity contribution in [2.45, 2.75) is 44.6 Å². The molecule has 114 valence electrons. The molecule has 21 heavy (non-hydrogen) atoms. The lowest BCUT2D eigenvalue weighted by molar-refractivity contribution is -0.120. The number of benzene rings is 1. The molecule has 4 nitrogen and oxygen atoms in total. The van der Waals surface area contributed by atoms with Gasteiger partial charge in [-0.3, -0.25) is 9.59 Å². The first kappa shape index (κ1) is 17.0. The van der Waals surface area contributed by atoms with Crippen molar-refractivity contribution in [3.8, 4) is 0 Å². The van der Waals surface area contributed by atoms with Gasteiger partial charge in [-0.05, 0) is 31.4 Å². The van der Waals surface area contributed by atoms with E-state index in [1.165, 1.54) is 0 Å². The molecule has 0 aromatic heterocycles. The third-order valence-electron chi connectivity index (χ3n) is 3.34. The minimum absolute atomic E-state index is 0.258. The van der Waals surface area contributed by atoms with E-state index in [0.29, 0.717) is 12.0 Å². The summed E-state index contributed by atoms with van der Waals surface area (Å²) < 4.78 is 0. The summed E-state index contributed by atoms with van der Waals surface area (Å²) in [4.78, 5) is 23.4. The van der Waals surface area contributed by atoms with Gasteiger partial charge in [0.25, 0.3) is 5.91 Å². The minimum Gasteiger partial charge on any atom is -0.368 e. The highest BCUT2D eigenvalue weighted by Crippen LogP contribution is 2.08. The van der Waals surface area contributed by atoms with E-state index in [4.69, 9.17) is 5.73 Å². The highest BCUT2D eigenvalue weighted by atomic mass is 16.2. The van der Waals surface area contributed by atoms with Crippen LogP contribution < -0.4 is 11.1 Å². The fourth-order valence-corrected chi connectivity index (χ4v) is 2.11. The van der Waals surface area contributed by atoms with Crippen molar-refractivity contribution in [1.82, 2.24) is 5.32 Å². The monoisotopic (exact) mass is 288 g/mol. The fraction of sp³-hybridized carbons (Fsp3) is 0.412. The number of rotatable bonds is 10. The highest BCUT2D eigenvalue weighted by Gasteiger charge is 2.18. The van der Waals surface area contributed by atoms with E-state index in [9.17, 15) is 9.59 Å². The zero-order chi connectivity index (χ0) is 15.5. The third kappa shape index (κ3) is 6.75. The van der Waals surface area contributed by atoms with Crippen molar-refractivity contribution in [3.63, 3.8) is 0 Å². The van der Waals surface area contributed by atoms with E-state index in [2.05, 4.69) is 11.9 Å². The lowest BCUT2D eigenvalue weighted by Crippen LogP contribution is -2.44. The largest absolute Gasteiger partial charge is 0.368 e. The second kappa shape index (κ2) is 9.75. The normalized spacial score (nSPS) is 11.6. The lowest BCUT2D eigenvalue weighted by atomic mass is 10.1. The van der Waals surface area contributed by atoms with Crippen LogP contribution in [-0.4, -0.2) is 17.9 Å². The molecule has 4 heteroatoms. The van der Waals surface area contributed by atoms with Crippen LogP contribution in [0.5, 0.6) is 0 Å². The van der Waals surface area contributed by atoms with Gasteiger partial charge in [0.15, 0.2) is 0 Å². The molecule has 0 radical (unpaired) electrons. The molecular weight excluding hydrogens is 264 g/mol. The van der Waals surface area contributed by atoms with Crippen LogP contribution in [0.3, 0.4) is 0 Å². The van der Waals surface area contributed by atoms with Gasteiger partial charge in [-0.1, -0.05) is 43.5 Å². The van der Waals surface area contributed by atoms with E-state index < -0.39 is 11.9 Å². The second-order valence-electron chi connectivity index (χ2n) is 5.07. The molecular formula is C17H24N2O2. The van der Waals surface area contributed by atoms with E-state index in [1.54, 1.807) is 24.3 Å². The van der Waals surface area contributed by atoms with Crippen LogP contribution in [0.2, 0.25) is 0 Å². The van der Waals surface area contributed by atoms with Crippen LogP contribution in [0.15, 0.2) is 43.0 Å². The van der Waals surface area contributed by atoms with E-state index in [1.807, 2.05) is 12.1 Å². The van der Waals surface area contributed by atoms with E-state index >= 15 is 0 Å². The SMILES string of the molecule is C=CCCCCCC[C@H](NC(=O)c1ccccc1)C(N)=O. The Morgan fingerprint density at radius 1 is 1.14 bits per heavy atom. The molecule has 0 saturated heterocycles. The maximum atomic E-state index is 12.0. The number of nitrogens with one attached hydrogen (secondary N) is 1. The molecule has 1 atom stereocenters. The summed E-state index contributed by atoms with van der Waals surface area (Å²) >= 11 is 0. The van der Waals surface area contributed by atoms with E-state index in [-0.39, 0.29) is 5.91 Å². The van der Waals surface area contributed by atoms with Crippen LogP contribution in [0.4, 0.5) is 0 Å². The maximum Gasteiger partial charge on any atom is 0.251 e. The lowest BCUT2D eigenvalue weighted by Gasteiger charge is -2.15. The summed E-state index contributed by atoms with van der Waals surface area (Å²) in [5.41, 5.74) is 5.90. The van der Waals surface area contributed by atoms with Gasteiger partial charge in [0, 0.05) is 5.56 Å². The molecule has 0 unspecified atom stereocenters. The second-order valence-corrected chi connectivity index (χ2v) is 5.07. The van der Waals surface area contributed by atoms with Crippen LogP contribution in [-0.2, 0) is 4.79 Å². The summed E-state index contributed by atoms with van der Waals surface area (Å²) in [6.45, 7) is 3.68. The molecule has 0 aliphatic rings. The number of primary amides is 1. The van der Waals surface area contributed by atoms with Crippen molar-refractivity contribution >= 4 is 11.8 Å². The van der Waals surface area contributed by atoms with Crippen molar-refractivity contribution in [2.75, 3.05) is 0 Å². The molecule has 1 aromatic carbocycles. The number of hydrogen-bond donors (Lipinski definition) is 2. The Kier molecular flexibility index (Phi) is 7.87. The number of amides is 2. The smallest absolute Gasteiger partial charge is 0.251 e. The van der Waals surface area contributed by atoms with Crippen molar-refractivity contribution in [3.05, 3.63) is 48.6 Å². The molecule has 0 heterocycles. The average Bonchev–Trinajstić information content (AvgIpc) is 2.50. The Morgan fingerprint density at radius 3 is 2.43 bits per heavy atom. The molecule has 0 saturated carbocycles. The number of unbranched alkanes of at least 4 members (excludes halogenated alkanes) is 4. The Hall–Kier alpha value is -2.10. The first-order chi connectivity index (χ1) is 10.1. The number of hydrogen-bond acceptors (Lipinski definition) is 2. The first-order valence-corrected chi connectivity index (χ1v) is 7.41. The first-order valence-electron chi connectivity index (χ1n) is 7.41. The van der Waals surface area contributed by atoms with Crippen LogP contribution in [0.1, 0.15) is 48.9 Å². The van der Waals surface area contributed by atoms with Gasteiger partial charge in [0.1, 0.15) is 6.04 Å². The minimum atomic E-state index is -0.600. The zero-order valence-electron chi connectivity index (χ0n) is 12.4. The van der Waals surface area contributed by atoms with Gasteiger partial charge in [-0.2, -0.15) is 0 Å². The molecule has 1 rings (SSSR count). The quantitative estimate of drug-likeness (QED) is 0.513. The van der Waals surface area contributed by atoms with E-state index in [0.717, 1.165) is 32.1 Å². The predicted molar refractivity (Wildman–Crippen MR) is 84.8 cm³/mol. The van der Waals surface area contributed by atoms with Crippen molar-refractivity contribution in [2.24, 2.45) is 5.73 Å².